The van der Waals surface area contributed by atoms with Crippen molar-refractivity contribution in [2.24, 2.45) is 0 Å². The first-order chi connectivity index (χ1) is 10.8. The van der Waals surface area contributed by atoms with Crippen LogP contribution in [0.25, 0.3) is 21.9 Å². The molecule has 116 valence electrons. The SMILES string of the molecule is Cc1c2oc(C(=O)[O-])cc(=O)c2cc2c(=O)cc(C(=O)[O-])oc12.[Na+].[Na+]. The third kappa shape index (κ3) is 3.74. The number of aryl methyl sites for hydroxylation is 1. The molecular formula is C15H6Na2O8. The van der Waals surface area contributed by atoms with Gasteiger partial charge < -0.3 is 28.6 Å². The van der Waals surface area contributed by atoms with Gasteiger partial charge in [0.05, 0.1) is 10.8 Å². The molecule has 0 aliphatic carbocycles. The molecule has 0 atom stereocenters. The number of fused-ring (bicyclic) bond motifs is 2. The van der Waals surface area contributed by atoms with Crippen LogP contribution in [0.15, 0.2) is 36.6 Å². The number of carboxylic acid groups (broad SMARTS) is 2. The van der Waals surface area contributed by atoms with Crippen LogP contribution in [0.3, 0.4) is 0 Å². The average Bonchev–Trinajstić information content (AvgIpc) is 2.48. The quantitative estimate of drug-likeness (QED) is 0.324. The van der Waals surface area contributed by atoms with Gasteiger partial charge in [0, 0.05) is 17.7 Å². The number of hydrogen-bond acceptors (Lipinski definition) is 8. The Hall–Kier alpha value is -1.42. The van der Waals surface area contributed by atoms with Crippen LogP contribution in [0.1, 0.15) is 26.7 Å². The molecule has 0 bridgehead atoms. The zero-order valence-corrected chi connectivity index (χ0v) is 17.5. The Kier molecular flexibility index (Phi) is 6.80. The van der Waals surface area contributed by atoms with Gasteiger partial charge in [-0.25, -0.2) is 0 Å². The van der Waals surface area contributed by atoms with Gasteiger partial charge in [-0.05, 0) is 13.0 Å². The molecule has 0 spiro atoms. The van der Waals surface area contributed by atoms with Gasteiger partial charge in [-0.15, -0.1) is 0 Å². The molecule has 3 rings (SSSR count). The number of rotatable bonds is 2. The van der Waals surface area contributed by atoms with Crippen molar-refractivity contribution in [3.05, 3.63) is 55.7 Å². The Morgan fingerprint density at radius 3 is 1.48 bits per heavy atom. The summed E-state index contributed by atoms with van der Waals surface area (Å²) >= 11 is 0. The second kappa shape index (κ2) is 7.86. The van der Waals surface area contributed by atoms with Crippen LogP contribution < -0.4 is 80.2 Å². The number of benzene rings is 1. The van der Waals surface area contributed by atoms with Crippen molar-refractivity contribution >= 4 is 33.9 Å². The monoisotopic (exact) mass is 360 g/mol. The third-order valence-corrected chi connectivity index (χ3v) is 3.34. The minimum Gasteiger partial charge on any atom is -0.542 e. The van der Waals surface area contributed by atoms with E-state index in [9.17, 15) is 29.4 Å². The molecular weight excluding hydrogens is 354 g/mol. The summed E-state index contributed by atoms with van der Waals surface area (Å²) < 4.78 is 10.2. The fourth-order valence-corrected chi connectivity index (χ4v) is 2.29. The molecule has 0 unspecified atom stereocenters. The predicted octanol–water partition coefficient (Wildman–Crippen LogP) is -7.06. The first-order valence-corrected chi connectivity index (χ1v) is 6.27. The van der Waals surface area contributed by atoms with Crippen LogP contribution in [0.4, 0.5) is 0 Å². The van der Waals surface area contributed by atoms with Crippen molar-refractivity contribution in [2.75, 3.05) is 0 Å². The summed E-state index contributed by atoms with van der Waals surface area (Å²) in [5, 5.41) is 21.7. The molecule has 1 aromatic carbocycles. The van der Waals surface area contributed by atoms with Crippen molar-refractivity contribution < 1.29 is 87.8 Å². The number of carbonyl (C=O) groups is 2. The topological polar surface area (TPSA) is 141 Å². The molecule has 10 heteroatoms. The van der Waals surface area contributed by atoms with E-state index in [2.05, 4.69) is 0 Å². The van der Waals surface area contributed by atoms with E-state index in [1.165, 1.54) is 6.92 Å². The Morgan fingerprint density at radius 1 is 0.800 bits per heavy atom. The van der Waals surface area contributed by atoms with E-state index in [1.807, 2.05) is 0 Å². The van der Waals surface area contributed by atoms with Gasteiger partial charge >= 0.3 is 59.1 Å². The normalized spacial score (nSPS) is 10.1. The summed E-state index contributed by atoms with van der Waals surface area (Å²) in [6.07, 6.45) is 0. The first kappa shape index (κ1) is 21.6. The van der Waals surface area contributed by atoms with Crippen LogP contribution in [0.2, 0.25) is 0 Å². The number of aromatic carboxylic acids is 2. The molecule has 25 heavy (non-hydrogen) atoms. The molecule has 2 aromatic heterocycles. The molecule has 0 amide bonds. The number of carbonyl (C=O) groups excluding carboxylic acids is 2. The molecule has 0 fully saturated rings. The molecule has 3 aromatic rings. The Labute approximate surface area is 183 Å². The maximum Gasteiger partial charge on any atom is 1.00 e. The van der Waals surface area contributed by atoms with Crippen molar-refractivity contribution in [1.29, 1.82) is 0 Å². The van der Waals surface area contributed by atoms with Crippen molar-refractivity contribution in [1.82, 2.24) is 0 Å². The summed E-state index contributed by atoms with van der Waals surface area (Å²) in [6, 6.07) is 2.63. The van der Waals surface area contributed by atoms with Gasteiger partial charge in [0.2, 0.25) is 0 Å². The van der Waals surface area contributed by atoms with Crippen LogP contribution in [0, 0.1) is 6.92 Å². The molecule has 0 N–H and O–H groups in total. The minimum absolute atomic E-state index is 0. The maximum atomic E-state index is 12.0. The smallest absolute Gasteiger partial charge is 0.542 e. The summed E-state index contributed by atoms with van der Waals surface area (Å²) in [4.78, 5) is 45.7. The second-order valence-corrected chi connectivity index (χ2v) is 4.78. The van der Waals surface area contributed by atoms with Gasteiger partial charge in [0.15, 0.2) is 22.4 Å². The molecule has 0 saturated heterocycles. The van der Waals surface area contributed by atoms with Crippen LogP contribution in [-0.4, -0.2) is 11.9 Å². The molecule has 8 nitrogen and oxygen atoms in total. The summed E-state index contributed by atoms with van der Waals surface area (Å²) in [5.41, 5.74) is -1.53. The van der Waals surface area contributed by atoms with Gasteiger partial charge in [-0.2, -0.15) is 0 Å². The minimum atomic E-state index is -1.69. The van der Waals surface area contributed by atoms with Gasteiger partial charge in [0.1, 0.15) is 23.1 Å². The molecule has 2 heterocycles. The van der Waals surface area contributed by atoms with Gasteiger partial charge in [-0.1, -0.05) is 0 Å². The van der Waals surface area contributed by atoms with Gasteiger partial charge in [-0.3, -0.25) is 9.59 Å². The Balaban J connectivity index is 0.00000156. The van der Waals surface area contributed by atoms with Gasteiger partial charge in [0.25, 0.3) is 0 Å². The Bertz CT molecular complexity index is 1040. The van der Waals surface area contributed by atoms with E-state index in [0.717, 1.165) is 18.2 Å². The second-order valence-electron chi connectivity index (χ2n) is 4.78. The average molecular weight is 360 g/mol. The zero-order valence-electron chi connectivity index (χ0n) is 13.5. The summed E-state index contributed by atoms with van der Waals surface area (Å²) in [6.45, 7) is 1.40. The van der Waals surface area contributed by atoms with Crippen LogP contribution in [-0.2, 0) is 0 Å². The van der Waals surface area contributed by atoms with E-state index >= 15 is 0 Å². The van der Waals surface area contributed by atoms with Crippen molar-refractivity contribution in [3.63, 3.8) is 0 Å². The predicted molar refractivity (Wildman–Crippen MR) is 71.9 cm³/mol. The van der Waals surface area contributed by atoms with E-state index in [-0.39, 0.29) is 86.6 Å². The standard InChI is InChI=1S/C15H8O8.2Na/c1-5-12-6(8(16)3-10(22-12)14(18)19)2-7-9(17)4-11(15(20)21)23-13(5)7;;/h2-4H,1H3,(H,18,19)(H,20,21);;/q;2*+1/p-2. The van der Waals surface area contributed by atoms with Crippen molar-refractivity contribution in [3.8, 4) is 0 Å². The first-order valence-electron chi connectivity index (χ1n) is 6.27. The third-order valence-electron chi connectivity index (χ3n) is 3.34. The number of hydrogen-bond donors (Lipinski definition) is 0. The summed E-state index contributed by atoms with van der Waals surface area (Å²) in [7, 11) is 0. The molecule has 0 saturated carbocycles. The number of carboxylic acids is 2. The zero-order chi connectivity index (χ0) is 16.9. The van der Waals surface area contributed by atoms with E-state index in [4.69, 9.17) is 8.83 Å². The summed E-state index contributed by atoms with van der Waals surface area (Å²) in [5.74, 6) is -4.76. The van der Waals surface area contributed by atoms with E-state index < -0.39 is 34.3 Å². The molecule has 0 aliphatic heterocycles. The van der Waals surface area contributed by atoms with E-state index in [0.29, 0.717) is 0 Å². The van der Waals surface area contributed by atoms with Crippen LogP contribution in [0.5, 0.6) is 0 Å². The molecule has 0 aliphatic rings. The maximum absolute atomic E-state index is 12.0. The molecule has 0 radical (unpaired) electrons. The largest absolute Gasteiger partial charge is 1.00 e. The Morgan fingerprint density at radius 2 is 1.16 bits per heavy atom. The van der Waals surface area contributed by atoms with Crippen molar-refractivity contribution in [2.45, 2.75) is 6.92 Å². The van der Waals surface area contributed by atoms with E-state index in [1.54, 1.807) is 0 Å². The fraction of sp³-hybridized carbons (Fsp3) is 0.0667. The fourth-order valence-electron chi connectivity index (χ4n) is 2.29. The van der Waals surface area contributed by atoms with Crippen LogP contribution >= 0.6 is 0 Å².